The van der Waals surface area contributed by atoms with Gasteiger partial charge in [0.05, 0.1) is 18.8 Å². The number of hydrogen-bond acceptors (Lipinski definition) is 6. The predicted molar refractivity (Wildman–Crippen MR) is 69.2 cm³/mol. The molecule has 0 fully saturated rings. The highest BCUT2D eigenvalue weighted by Gasteiger charge is 2.24. The molecule has 0 spiro atoms. The van der Waals surface area contributed by atoms with Gasteiger partial charge in [0, 0.05) is 12.5 Å². The Morgan fingerprint density at radius 1 is 1.53 bits per heavy atom. The SMILES string of the molecule is COCCN=C(NN)c1snnc1C(C)(C)C. The van der Waals surface area contributed by atoms with Crippen LogP contribution in [-0.4, -0.2) is 35.7 Å². The second-order valence-electron chi connectivity index (χ2n) is 4.57. The molecule has 1 aromatic rings. The van der Waals surface area contributed by atoms with E-state index in [2.05, 4.69) is 40.8 Å². The summed E-state index contributed by atoms with van der Waals surface area (Å²) in [5.74, 6) is 6.10. The van der Waals surface area contributed by atoms with Gasteiger partial charge in [-0.2, -0.15) is 0 Å². The lowest BCUT2D eigenvalue weighted by atomic mass is 9.91. The van der Waals surface area contributed by atoms with Crippen molar-refractivity contribution in [2.45, 2.75) is 26.2 Å². The molecule has 1 aromatic heterocycles. The fraction of sp³-hybridized carbons (Fsp3) is 0.700. The zero-order valence-electron chi connectivity index (χ0n) is 10.6. The summed E-state index contributed by atoms with van der Waals surface area (Å²) in [7, 11) is 1.64. The molecular weight excluding hydrogens is 238 g/mol. The Morgan fingerprint density at radius 2 is 2.24 bits per heavy atom. The molecule has 0 amide bonds. The van der Waals surface area contributed by atoms with Crippen LogP contribution in [0, 0.1) is 0 Å². The summed E-state index contributed by atoms with van der Waals surface area (Å²) in [5, 5.41) is 4.15. The van der Waals surface area contributed by atoms with Gasteiger partial charge >= 0.3 is 0 Å². The van der Waals surface area contributed by atoms with Crippen molar-refractivity contribution >= 4 is 17.4 Å². The molecule has 6 nitrogen and oxygen atoms in total. The summed E-state index contributed by atoms with van der Waals surface area (Å²) in [6.45, 7) is 7.35. The Kier molecular flexibility index (Phi) is 4.98. The number of aromatic nitrogens is 2. The van der Waals surface area contributed by atoms with Crippen LogP contribution in [0.1, 0.15) is 31.3 Å². The van der Waals surface area contributed by atoms with Crippen molar-refractivity contribution < 1.29 is 4.74 Å². The van der Waals surface area contributed by atoms with Gasteiger partial charge in [0.1, 0.15) is 4.88 Å². The van der Waals surface area contributed by atoms with Crippen LogP contribution in [-0.2, 0) is 10.2 Å². The maximum atomic E-state index is 5.49. The van der Waals surface area contributed by atoms with Crippen molar-refractivity contribution in [3.05, 3.63) is 10.6 Å². The molecule has 7 heteroatoms. The maximum absolute atomic E-state index is 5.49. The van der Waals surface area contributed by atoms with Crippen molar-refractivity contribution in [3.63, 3.8) is 0 Å². The first-order valence-corrected chi connectivity index (χ1v) is 6.11. The van der Waals surface area contributed by atoms with Gasteiger partial charge in [0.2, 0.25) is 0 Å². The Balaban J connectivity index is 2.97. The van der Waals surface area contributed by atoms with E-state index in [1.165, 1.54) is 11.5 Å². The molecule has 17 heavy (non-hydrogen) atoms. The van der Waals surface area contributed by atoms with Crippen LogP contribution >= 0.6 is 11.5 Å². The number of amidine groups is 1. The summed E-state index contributed by atoms with van der Waals surface area (Å²) in [6, 6.07) is 0. The average Bonchev–Trinajstić information content (AvgIpc) is 2.73. The van der Waals surface area contributed by atoms with Gasteiger partial charge in [-0.05, 0) is 11.5 Å². The molecule has 0 saturated carbocycles. The lowest BCUT2D eigenvalue weighted by Crippen LogP contribution is -2.33. The van der Waals surface area contributed by atoms with Crippen molar-refractivity contribution in [3.8, 4) is 0 Å². The van der Waals surface area contributed by atoms with Gasteiger partial charge in [-0.3, -0.25) is 4.99 Å². The second-order valence-corrected chi connectivity index (χ2v) is 5.32. The van der Waals surface area contributed by atoms with E-state index in [1.807, 2.05) is 0 Å². The third-order valence-electron chi connectivity index (χ3n) is 2.12. The van der Waals surface area contributed by atoms with Crippen LogP contribution in [0.15, 0.2) is 4.99 Å². The van der Waals surface area contributed by atoms with E-state index >= 15 is 0 Å². The number of ether oxygens (including phenoxy) is 1. The fourth-order valence-electron chi connectivity index (χ4n) is 1.27. The first kappa shape index (κ1) is 14.0. The summed E-state index contributed by atoms with van der Waals surface area (Å²) in [4.78, 5) is 5.22. The normalized spacial score (nSPS) is 12.9. The summed E-state index contributed by atoms with van der Waals surface area (Å²) in [6.07, 6.45) is 0. The molecule has 0 aliphatic heterocycles. The minimum atomic E-state index is -0.0821. The molecule has 96 valence electrons. The van der Waals surface area contributed by atoms with Crippen LogP contribution < -0.4 is 11.3 Å². The van der Waals surface area contributed by atoms with Crippen molar-refractivity contribution in [1.29, 1.82) is 0 Å². The van der Waals surface area contributed by atoms with E-state index in [4.69, 9.17) is 10.6 Å². The van der Waals surface area contributed by atoms with Gasteiger partial charge in [-0.15, -0.1) is 5.10 Å². The van der Waals surface area contributed by atoms with Crippen LogP contribution in [0.3, 0.4) is 0 Å². The van der Waals surface area contributed by atoms with Crippen LogP contribution in [0.5, 0.6) is 0 Å². The van der Waals surface area contributed by atoms with E-state index in [-0.39, 0.29) is 5.41 Å². The number of nitrogens with two attached hydrogens (primary N) is 1. The molecule has 0 atom stereocenters. The summed E-state index contributed by atoms with van der Waals surface area (Å²) in [5.41, 5.74) is 3.42. The molecule has 0 unspecified atom stereocenters. The lowest BCUT2D eigenvalue weighted by Gasteiger charge is -2.16. The molecular formula is C10H19N5OS. The molecule has 1 rings (SSSR count). The smallest absolute Gasteiger partial charge is 0.156 e. The molecule has 3 N–H and O–H groups in total. The number of hydrogen-bond donors (Lipinski definition) is 2. The second kappa shape index (κ2) is 6.04. The monoisotopic (exact) mass is 257 g/mol. The Morgan fingerprint density at radius 3 is 2.76 bits per heavy atom. The number of nitrogens with zero attached hydrogens (tertiary/aromatic N) is 3. The zero-order chi connectivity index (χ0) is 12.9. The molecule has 0 aliphatic carbocycles. The van der Waals surface area contributed by atoms with E-state index in [0.29, 0.717) is 19.0 Å². The van der Waals surface area contributed by atoms with Crippen molar-refractivity contribution in [2.24, 2.45) is 10.8 Å². The standard InChI is InChI=1S/C10H19N5OS/c1-10(2,3)8-7(17-15-14-8)9(13-11)12-5-6-16-4/h5-6,11H2,1-4H3,(H,12,13). The number of rotatable bonds is 4. The Labute approximate surface area is 105 Å². The average molecular weight is 257 g/mol. The zero-order valence-corrected chi connectivity index (χ0v) is 11.5. The molecule has 0 aliphatic rings. The number of aliphatic imine (C=N–C) groups is 1. The first-order valence-electron chi connectivity index (χ1n) is 5.34. The van der Waals surface area contributed by atoms with Gasteiger partial charge in [0.25, 0.3) is 0 Å². The fourth-order valence-corrected chi connectivity index (χ4v) is 2.12. The molecule has 0 radical (unpaired) electrons. The number of nitrogens with one attached hydrogen (secondary N) is 1. The highest BCUT2D eigenvalue weighted by atomic mass is 32.1. The van der Waals surface area contributed by atoms with E-state index in [9.17, 15) is 0 Å². The third-order valence-corrected chi connectivity index (χ3v) is 2.85. The van der Waals surface area contributed by atoms with Gasteiger partial charge in [-0.25, -0.2) is 5.84 Å². The van der Waals surface area contributed by atoms with Gasteiger partial charge < -0.3 is 10.2 Å². The largest absolute Gasteiger partial charge is 0.383 e. The van der Waals surface area contributed by atoms with E-state index in [1.54, 1.807) is 7.11 Å². The van der Waals surface area contributed by atoms with Gasteiger partial charge in [-0.1, -0.05) is 25.3 Å². The predicted octanol–water partition coefficient (Wildman–Crippen LogP) is 0.692. The summed E-state index contributed by atoms with van der Waals surface area (Å²) >= 11 is 1.29. The van der Waals surface area contributed by atoms with Gasteiger partial charge in [0.15, 0.2) is 5.84 Å². The quantitative estimate of drug-likeness (QED) is 0.272. The molecule has 0 bridgehead atoms. The van der Waals surface area contributed by atoms with E-state index < -0.39 is 0 Å². The third kappa shape index (κ3) is 3.72. The minimum absolute atomic E-state index is 0.0821. The van der Waals surface area contributed by atoms with Crippen molar-refractivity contribution in [2.75, 3.05) is 20.3 Å². The number of methoxy groups -OCH3 is 1. The van der Waals surface area contributed by atoms with Crippen LogP contribution in [0.4, 0.5) is 0 Å². The van der Waals surface area contributed by atoms with E-state index in [0.717, 1.165) is 10.6 Å². The first-order chi connectivity index (χ1) is 8.00. The highest BCUT2D eigenvalue weighted by molar-refractivity contribution is 7.08. The Bertz CT molecular complexity index is 382. The summed E-state index contributed by atoms with van der Waals surface area (Å²) < 4.78 is 8.92. The molecule has 0 aromatic carbocycles. The minimum Gasteiger partial charge on any atom is -0.383 e. The van der Waals surface area contributed by atoms with Crippen LogP contribution in [0.2, 0.25) is 0 Å². The van der Waals surface area contributed by atoms with Crippen molar-refractivity contribution in [1.82, 2.24) is 15.0 Å². The highest BCUT2D eigenvalue weighted by Crippen LogP contribution is 2.25. The lowest BCUT2D eigenvalue weighted by molar-refractivity contribution is 0.208. The molecule has 0 saturated heterocycles. The Hall–Kier alpha value is -1.05. The number of hydrazine groups is 1. The topological polar surface area (TPSA) is 85.4 Å². The van der Waals surface area contributed by atoms with Crippen LogP contribution in [0.25, 0.3) is 0 Å². The maximum Gasteiger partial charge on any atom is 0.156 e. The molecule has 1 heterocycles.